The molecule has 1 unspecified atom stereocenters. The fraction of sp³-hybridized carbons (Fsp3) is 0.207. The second-order valence-electron chi connectivity index (χ2n) is 9.71. The molecule has 1 atom stereocenters. The number of anilines is 1. The Morgan fingerprint density at radius 1 is 1.03 bits per heavy atom. The normalized spacial score (nSPS) is 16.4. The molecule has 4 aromatic rings. The van der Waals surface area contributed by atoms with Crippen LogP contribution >= 0.6 is 0 Å². The van der Waals surface area contributed by atoms with Crippen LogP contribution < -0.4 is 4.90 Å². The van der Waals surface area contributed by atoms with Crippen molar-refractivity contribution in [2.75, 3.05) is 11.4 Å². The van der Waals surface area contributed by atoms with E-state index in [9.17, 15) is 24.5 Å². The summed E-state index contributed by atoms with van der Waals surface area (Å²) in [7, 11) is 0. The summed E-state index contributed by atoms with van der Waals surface area (Å²) in [6.45, 7) is 0.414. The number of amides is 3. The summed E-state index contributed by atoms with van der Waals surface area (Å²) in [6.07, 6.45) is 3.28. The summed E-state index contributed by atoms with van der Waals surface area (Å²) < 4.78 is 0. The Kier molecular flexibility index (Phi) is 5.75. The Labute approximate surface area is 217 Å². The molecule has 0 bridgehead atoms. The number of carbonyl (C=O) groups is 3. The molecule has 1 aliphatic carbocycles. The summed E-state index contributed by atoms with van der Waals surface area (Å²) in [4.78, 5) is 55.1. The van der Waals surface area contributed by atoms with Gasteiger partial charge in [-0.2, -0.15) is 0 Å². The van der Waals surface area contributed by atoms with Gasteiger partial charge >= 0.3 is 0 Å². The van der Waals surface area contributed by atoms with Crippen LogP contribution in [0.1, 0.15) is 44.0 Å². The van der Waals surface area contributed by atoms with Gasteiger partial charge in [-0.3, -0.25) is 29.4 Å². The van der Waals surface area contributed by atoms with E-state index in [1.165, 1.54) is 17.0 Å². The molecule has 9 heteroatoms. The number of aromatic nitrogens is 1. The van der Waals surface area contributed by atoms with E-state index in [0.29, 0.717) is 36.9 Å². The highest BCUT2D eigenvalue weighted by molar-refractivity contribution is 6.21. The molecule has 0 saturated carbocycles. The van der Waals surface area contributed by atoms with Gasteiger partial charge in [0.1, 0.15) is 0 Å². The Hall–Kier alpha value is -4.79. The number of rotatable bonds is 7. The minimum absolute atomic E-state index is 0.0307. The summed E-state index contributed by atoms with van der Waals surface area (Å²) in [5.41, 5.74) is 5.68. The molecule has 2 aliphatic rings. The molecule has 38 heavy (non-hydrogen) atoms. The van der Waals surface area contributed by atoms with Gasteiger partial charge < -0.3 is 9.88 Å². The monoisotopic (exact) mass is 508 g/mol. The van der Waals surface area contributed by atoms with Gasteiger partial charge in [0.15, 0.2) is 0 Å². The molecule has 1 aromatic heterocycles. The van der Waals surface area contributed by atoms with Gasteiger partial charge in [0.2, 0.25) is 6.41 Å². The minimum Gasteiger partial charge on any atom is -0.358 e. The van der Waals surface area contributed by atoms with Crippen molar-refractivity contribution >= 4 is 40.5 Å². The zero-order chi connectivity index (χ0) is 26.4. The maximum Gasteiger partial charge on any atom is 0.269 e. The topological polar surface area (TPSA) is 117 Å². The number of aromatic amines is 1. The van der Waals surface area contributed by atoms with Crippen LogP contribution in [0.4, 0.5) is 11.4 Å². The van der Waals surface area contributed by atoms with Crippen molar-refractivity contribution in [3.63, 3.8) is 0 Å². The number of H-pyrrole nitrogens is 1. The van der Waals surface area contributed by atoms with Crippen LogP contribution in [-0.2, 0) is 24.1 Å². The van der Waals surface area contributed by atoms with Crippen LogP contribution in [0, 0.1) is 10.1 Å². The van der Waals surface area contributed by atoms with Crippen molar-refractivity contribution < 1.29 is 19.3 Å². The zero-order valence-corrected chi connectivity index (χ0v) is 20.4. The predicted molar refractivity (Wildman–Crippen MR) is 141 cm³/mol. The number of benzene rings is 3. The minimum atomic E-state index is -0.437. The van der Waals surface area contributed by atoms with E-state index in [1.54, 1.807) is 41.3 Å². The molecule has 0 spiro atoms. The quantitative estimate of drug-likeness (QED) is 0.172. The van der Waals surface area contributed by atoms with Crippen LogP contribution in [0.15, 0.2) is 66.7 Å². The van der Waals surface area contributed by atoms with Crippen molar-refractivity contribution in [1.29, 1.82) is 0 Å². The van der Waals surface area contributed by atoms with Crippen LogP contribution in [0.3, 0.4) is 0 Å². The van der Waals surface area contributed by atoms with Gasteiger partial charge in [0, 0.05) is 47.0 Å². The first-order chi connectivity index (χ1) is 18.4. The summed E-state index contributed by atoms with van der Waals surface area (Å²) in [5, 5.41) is 11.9. The van der Waals surface area contributed by atoms with E-state index in [4.69, 9.17) is 0 Å². The third-order valence-corrected chi connectivity index (χ3v) is 7.58. The van der Waals surface area contributed by atoms with Gasteiger partial charge in [-0.15, -0.1) is 0 Å². The molecule has 6 rings (SSSR count). The molecule has 3 aromatic carbocycles. The molecule has 190 valence electrons. The lowest BCUT2D eigenvalue weighted by Crippen LogP contribution is -2.43. The van der Waals surface area contributed by atoms with Crippen LogP contribution in [-0.4, -0.2) is 45.6 Å². The molecule has 2 heterocycles. The lowest BCUT2D eigenvalue weighted by atomic mass is 9.90. The second kappa shape index (κ2) is 9.26. The molecular formula is C29H24N4O5. The summed E-state index contributed by atoms with van der Waals surface area (Å²) >= 11 is 0. The number of nitro groups is 1. The van der Waals surface area contributed by atoms with Gasteiger partial charge in [-0.05, 0) is 67.1 Å². The lowest BCUT2D eigenvalue weighted by molar-refractivity contribution is -0.384. The van der Waals surface area contributed by atoms with Crippen molar-refractivity contribution in [1.82, 2.24) is 9.88 Å². The number of aryl methyl sites for hydroxylation is 1. The van der Waals surface area contributed by atoms with E-state index in [-0.39, 0.29) is 23.5 Å². The van der Waals surface area contributed by atoms with E-state index < -0.39 is 4.92 Å². The zero-order valence-electron chi connectivity index (χ0n) is 20.4. The van der Waals surface area contributed by atoms with Crippen molar-refractivity contribution in [3.05, 3.63) is 105 Å². The number of fused-ring (bicyclic) bond motifs is 4. The largest absolute Gasteiger partial charge is 0.358 e. The average molecular weight is 509 g/mol. The SMILES string of the molecule is O=CN(CCc1ccc([N+](=O)[O-])cc1)c1ccc2[nH]c3c(c2c1)CC(N1C(=O)c2ccccc2C1=O)CC3. The molecule has 9 nitrogen and oxygen atoms in total. The molecule has 0 radical (unpaired) electrons. The summed E-state index contributed by atoms with van der Waals surface area (Å²) in [6, 6.07) is 18.8. The van der Waals surface area contributed by atoms with E-state index in [0.717, 1.165) is 46.2 Å². The first-order valence-corrected chi connectivity index (χ1v) is 12.5. The number of carbonyl (C=O) groups excluding carboxylic acids is 3. The van der Waals surface area contributed by atoms with Crippen molar-refractivity contribution in [3.8, 4) is 0 Å². The lowest BCUT2D eigenvalue weighted by Gasteiger charge is -2.29. The third-order valence-electron chi connectivity index (χ3n) is 7.58. The highest BCUT2D eigenvalue weighted by Crippen LogP contribution is 2.35. The molecule has 0 saturated heterocycles. The van der Waals surface area contributed by atoms with Gasteiger partial charge in [-0.25, -0.2) is 0 Å². The third kappa shape index (κ3) is 3.92. The average Bonchev–Trinajstić information content (AvgIpc) is 3.43. The Morgan fingerprint density at radius 3 is 2.39 bits per heavy atom. The number of imide groups is 1. The molecule has 1 aliphatic heterocycles. The Morgan fingerprint density at radius 2 is 1.74 bits per heavy atom. The van der Waals surface area contributed by atoms with E-state index >= 15 is 0 Å². The number of non-ortho nitro benzene ring substituents is 1. The first kappa shape index (κ1) is 23.6. The maximum atomic E-state index is 13.1. The smallest absolute Gasteiger partial charge is 0.269 e. The standard InChI is InChI=1S/C29H24N4O5/c34-17-31(14-13-18-5-7-19(8-6-18)33(37)38)20-9-11-26-24(15-20)25-16-21(10-12-27(25)30-26)32-28(35)22-3-1-2-4-23(22)29(32)36/h1-9,11,15,17,21,30H,10,12-14,16H2. The van der Waals surface area contributed by atoms with Crippen LogP contribution in [0.25, 0.3) is 10.9 Å². The predicted octanol–water partition coefficient (Wildman–Crippen LogP) is 4.44. The molecule has 0 fully saturated rings. The maximum absolute atomic E-state index is 13.1. The van der Waals surface area contributed by atoms with Crippen LogP contribution in [0.2, 0.25) is 0 Å². The molecule has 1 N–H and O–H groups in total. The number of hydrogen-bond acceptors (Lipinski definition) is 5. The van der Waals surface area contributed by atoms with Crippen LogP contribution in [0.5, 0.6) is 0 Å². The second-order valence-corrected chi connectivity index (χ2v) is 9.71. The van der Waals surface area contributed by atoms with Gasteiger partial charge in [0.05, 0.1) is 16.1 Å². The Balaban J connectivity index is 1.24. The highest BCUT2D eigenvalue weighted by Gasteiger charge is 2.41. The number of nitrogens with one attached hydrogen (secondary N) is 1. The summed E-state index contributed by atoms with van der Waals surface area (Å²) in [5.74, 6) is -0.476. The van der Waals surface area contributed by atoms with Gasteiger partial charge in [-0.1, -0.05) is 24.3 Å². The highest BCUT2D eigenvalue weighted by atomic mass is 16.6. The number of nitrogens with zero attached hydrogens (tertiary/aromatic N) is 3. The fourth-order valence-corrected chi connectivity index (χ4v) is 5.60. The first-order valence-electron chi connectivity index (χ1n) is 12.5. The number of nitro benzene ring substituents is 1. The van der Waals surface area contributed by atoms with E-state index in [2.05, 4.69) is 4.98 Å². The van der Waals surface area contributed by atoms with Gasteiger partial charge in [0.25, 0.3) is 17.5 Å². The molecule has 3 amide bonds. The Bertz CT molecular complexity index is 1570. The van der Waals surface area contributed by atoms with E-state index in [1.807, 2.05) is 18.2 Å². The fourth-order valence-electron chi connectivity index (χ4n) is 5.60. The number of hydrogen-bond donors (Lipinski definition) is 1. The van der Waals surface area contributed by atoms with Crippen molar-refractivity contribution in [2.45, 2.75) is 31.7 Å². The van der Waals surface area contributed by atoms with Crippen molar-refractivity contribution in [2.24, 2.45) is 0 Å². The molecular weight excluding hydrogens is 484 g/mol.